The average Bonchev–Trinajstić information content (AvgIpc) is 2.58. The molecule has 0 amide bonds. The molecule has 2 rings (SSSR count). The SMILES string of the molecule is C#Cc1cc(N)c(O)cc1C(c1cc(O)c(N)cc1C#C)(C(F)(F)F)C(F)(F)F. The monoisotopic (exact) mass is 414 g/mol. The lowest BCUT2D eigenvalue weighted by atomic mass is 9.69. The first-order valence-electron chi connectivity index (χ1n) is 7.55. The molecule has 0 spiro atoms. The first kappa shape index (κ1) is 21.6. The van der Waals surface area contributed by atoms with Crippen LogP contribution in [0, 0.1) is 24.7 Å². The molecule has 0 radical (unpaired) electrons. The minimum atomic E-state index is -6.06. The van der Waals surface area contributed by atoms with Gasteiger partial charge in [-0.05, 0) is 24.3 Å². The standard InChI is InChI=1S/C19H12F6N2O2/c1-3-9-5-13(26)15(28)7-11(9)17(18(20,21)22,19(23,24)25)12-8-16(29)14(27)6-10(12)4-2/h1-2,5-8,28-29H,26-27H2. The Hall–Kier alpha value is -3.66. The number of alkyl halides is 6. The smallest absolute Gasteiger partial charge is 0.411 e. The molecular formula is C19H12F6N2O2. The molecule has 0 aromatic heterocycles. The number of nitrogens with two attached hydrogens (primary N) is 2. The predicted molar refractivity (Wildman–Crippen MR) is 93.8 cm³/mol. The number of rotatable bonds is 2. The molecule has 0 aliphatic rings. The van der Waals surface area contributed by atoms with Crippen molar-refractivity contribution >= 4 is 11.4 Å². The summed E-state index contributed by atoms with van der Waals surface area (Å²) in [5, 5.41) is 19.5. The van der Waals surface area contributed by atoms with Gasteiger partial charge < -0.3 is 21.7 Å². The summed E-state index contributed by atoms with van der Waals surface area (Å²) in [4.78, 5) is 0. The van der Waals surface area contributed by atoms with Gasteiger partial charge in [0.05, 0.1) is 11.4 Å². The molecule has 29 heavy (non-hydrogen) atoms. The van der Waals surface area contributed by atoms with Crippen LogP contribution in [0.25, 0.3) is 0 Å². The Labute approximate surface area is 160 Å². The first-order valence-corrected chi connectivity index (χ1v) is 7.55. The van der Waals surface area contributed by atoms with Crippen molar-refractivity contribution in [1.29, 1.82) is 0 Å². The van der Waals surface area contributed by atoms with Crippen molar-refractivity contribution in [2.75, 3.05) is 11.5 Å². The van der Waals surface area contributed by atoms with Gasteiger partial charge in [-0.25, -0.2) is 0 Å². The molecule has 0 fully saturated rings. The van der Waals surface area contributed by atoms with E-state index in [0.29, 0.717) is 12.1 Å². The normalized spacial score (nSPS) is 12.3. The molecule has 0 saturated carbocycles. The molecule has 0 atom stereocenters. The molecule has 152 valence electrons. The zero-order valence-corrected chi connectivity index (χ0v) is 14.3. The van der Waals surface area contributed by atoms with E-state index in [1.807, 2.05) is 0 Å². The fourth-order valence-electron chi connectivity index (χ4n) is 2.99. The molecule has 0 heterocycles. The maximum absolute atomic E-state index is 14.3. The summed E-state index contributed by atoms with van der Waals surface area (Å²) in [5.74, 6) is 1.32. The number of phenolic OH excluding ortho intramolecular Hbond substituents is 2. The third-order valence-electron chi connectivity index (χ3n) is 4.30. The van der Waals surface area contributed by atoms with Crippen LogP contribution >= 0.6 is 0 Å². The van der Waals surface area contributed by atoms with Gasteiger partial charge in [-0.1, -0.05) is 11.8 Å². The first-order chi connectivity index (χ1) is 13.2. The molecule has 0 aliphatic heterocycles. The Morgan fingerprint density at radius 2 is 1.00 bits per heavy atom. The summed E-state index contributed by atoms with van der Waals surface area (Å²) >= 11 is 0. The second-order valence-corrected chi connectivity index (χ2v) is 5.95. The highest BCUT2D eigenvalue weighted by atomic mass is 19.4. The van der Waals surface area contributed by atoms with Gasteiger partial charge >= 0.3 is 12.4 Å². The van der Waals surface area contributed by atoms with Crippen molar-refractivity contribution < 1.29 is 36.6 Å². The van der Waals surface area contributed by atoms with Crippen LogP contribution < -0.4 is 11.5 Å². The molecule has 2 aromatic rings. The predicted octanol–water partition coefficient (Wildman–Crippen LogP) is 3.64. The molecule has 4 nitrogen and oxygen atoms in total. The number of benzene rings is 2. The van der Waals surface area contributed by atoms with E-state index in [1.54, 1.807) is 11.8 Å². The maximum atomic E-state index is 14.3. The molecular weight excluding hydrogens is 402 g/mol. The molecule has 0 aliphatic carbocycles. The summed E-state index contributed by atoms with van der Waals surface area (Å²) in [6.07, 6.45) is -1.88. The molecule has 0 bridgehead atoms. The van der Waals surface area contributed by atoms with Crippen molar-refractivity contribution in [3.8, 4) is 36.2 Å². The van der Waals surface area contributed by atoms with Crippen LogP contribution in [-0.4, -0.2) is 22.6 Å². The molecule has 10 heteroatoms. The van der Waals surface area contributed by atoms with E-state index in [2.05, 4.69) is 0 Å². The zero-order chi connectivity index (χ0) is 22.4. The number of halogens is 6. The van der Waals surface area contributed by atoms with Gasteiger partial charge in [0.1, 0.15) is 11.5 Å². The lowest BCUT2D eigenvalue weighted by Gasteiger charge is -2.39. The lowest BCUT2D eigenvalue weighted by molar-refractivity contribution is -0.288. The van der Waals surface area contributed by atoms with E-state index in [-0.39, 0.29) is 12.1 Å². The molecule has 0 unspecified atom stereocenters. The van der Waals surface area contributed by atoms with Gasteiger partial charge in [0.2, 0.25) is 5.41 Å². The Balaban J connectivity index is 3.24. The summed E-state index contributed by atoms with van der Waals surface area (Å²) in [7, 11) is 0. The third-order valence-corrected chi connectivity index (χ3v) is 4.30. The number of hydrogen-bond acceptors (Lipinski definition) is 4. The number of anilines is 2. The van der Waals surface area contributed by atoms with Crippen LogP contribution in [0.2, 0.25) is 0 Å². The minimum Gasteiger partial charge on any atom is -0.506 e. The van der Waals surface area contributed by atoms with E-state index in [0.717, 1.165) is 0 Å². The van der Waals surface area contributed by atoms with Crippen LogP contribution in [-0.2, 0) is 5.41 Å². The highest BCUT2D eigenvalue weighted by Gasteiger charge is 2.74. The molecule has 0 saturated heterocycles. The highest BCUT2D eigenvalue weighted by molar-refractivity contribution is 5.68. The van der Waals surface area contributed by atoms with Crippen LogP contribution in [0.3, 0.4) is 0 Å². The van der Waals surface area contributed by atoms with Crippen molar-refractivity contribution in [1.82, 2.24) is 0 Å². The number of phenols is 2. The van der Waals surface area contributed by atoms with Gasteiger partial charge in [-0.15, -0.1) is 12.8 Å². The highest BCUT2D eigenvalue weighted by Crippen LogP contribution is 2.59. The van der Waals surface area contributed by atoms with Crippen molar-refractivity contribution in [2.24, 2.45) is 0 Å². The second kappa shape index (κ2) is 6.74. The molecule has 2 aromatic carbocycles. The van der Waals surface area contributed by atoms with Crippen LogP contribution in [0.15, 0.2) is 24.3 Å². The summed E-state index contributed by atoms with van der Waals surface area (Å²) in [6, 6.07) is 1.56. The van der Waals surface area contributed by atoms with Gasteiger partial charge in [0.15, 0.2) is 0 Å². The minimum absolute atomic E-state index is 0.180. The van der Waals surface area contributed by atoms with Crippen molar-refractivity contribution in [2.45, 2.75) is 17.8 Å². The van der Waals surface area contributed by atoms with Gasteiger partial charge in [0, 0.05) is 22.3 Å². The van der Waals surface area contributed by atoms with E-state index < -0.39 is 62.9 Å². The number of terminal acetylenes is 2. The fourth-order valence-corrected chi connectivity index (χ4v) is 2.99. The Morgan fingerprint density at radius 1 is 0.690 bits per heavy atom. The Morgan fingerprint density at radius 3 is 1.24 bits per heavy atom. The maximum Gasteiger partial charge on any atom is 0.411 e. The lowest BCUT2D eigenvalue weighted by Crippen LogP contribution is -2.55. The van der Waals surface area contributed by atoms with Crippen molar-refractivity contribution in [3.05, 3.63) is 46.5 Å². The Kier molecular flexibility index (Phi) is 5.03. The third kappa shape index (κ3) is 3.13. The average molecular weight is 414 g/mol. The Bertz CT molecular complexity index is 973. The largest absolute Gasteiger partial charge is 0.506 e. The van der Waals surface area contributed by atoms with Crippen molar-refractivity contribution in [3.63, 3.8) is 0 Å². The summed E-state index contributed by atoms with van der Waals surface area (Å²) < 4.78 is 85.5. The second-order valence-electron chi connectivity index (χ2n) is 5.95. The van der Waals surface area contributed by atoms with E-state index in [4.69, 9.17) is 24.3 Å². The summed E-state index contributed by atoms with van der Waals surface area (Å²) in [6.45, 7) is 0. The van der Waals surface area contributed by atoms with E-state index in [1.165, 1.54) is 0 Å². The topological polar surface area (TPSA) is 92.5 Å². The molecule has 6 N–H and O–H groups in total. The quantitative estimate of drug-likeness (QED) is 0.261. The van der Waals surface area contributed by atoms with E-state index in [9.17, 15) is 36.6 Å². The number of aromatic hydroxyl groups is 2. The van der Waals surface area contributed by atoms with Crippen LogP contribution in [0.1, 0.15) is 22.3 Å². The zero-order valence-electron chi connectivity index (χ0n) is 14.3. The van der Waals surface area contributed by atoms with Gasteiger partial charge in [-0.2, -0.15) is 26.3 Å². The van der Waals surface area contributed by atoms with Gasteiger partial charge in [-0.3, -0.25) is 0 Å². The van der Waals surface area contributed by atoms with Gasteiger partial charge in [0.25, 0.3) is 0 Å². The van der Waals surface area contributed by atoms with E-state index >= 15 is 0 Å². The van der Waals surface area contributed by atoms with Crippen LogP contribution in [0.5, 0.6) is 11.5 Å². The van der Waals surface area contributed by atoms with Crippen LogP contribution in [0.4, 0.5) is 37.7 Å². The fraction of sp³-hybridized carbons (Fsp3) is 0.158. The number of hydrogen-bond donors (Lipinski definition) is 4. The summed E-state index contributed by atoms with van der Waals surface area (Å²) in [5.41, 5.74) is 0.0398. The number of nitrogen functional groups attached to an aromatic ring is 2.